The molecule has 1 N–H and O–H groups in total. The number of hydrogen-bond donors (Lipinski definition) is 1. The Morgan fingerprint density at radius 2 is 2.11 bits per heavy atom. The summed E-state index contributed by atoms with van der Waals surface area (Å²) < 4.78 is 6.20. The van der Waals surface area contributed by atoms with Gasteiger partial charge in [-0.1, -0.05) is 11.6 Å². The Hall–Kier alpha value is -2.15. The lowest BCUT2D eigenvalue weighted by molar-refractivity contribution is -0.138. The second-order valence-corrected chi connectivity index (χ2v) is 8.16. The summed E-state index contributed by atoms with van der Waals surface area (Å²) in [7, 11) is 0. The summed E-state index contributed by atoms with van der Waals surface area (Å²) in [6.07, 6.45) is 1.89. The molecule has 0 saturated carbocycles. The minimum Gasteiger partial charge on any atom is -0.479 e. The maximum absolute atomic E-state index is 12.9. The molecule has 1 amide bonds. The summed E-state index contributed by atoms with van der Waals surface area (Å²) in [5.41, 5.74) is 2.96. The second kappa shape index (κ2) is 6.78. The van der Waals surface area contributed by atoms with E-state index in [0.29, 0.717) is 11.4 Å². The molecule has 5 nitrogen and oxygen atoms in total. The van der Waals surface area contributed by atoms with Crippen molar-refractivity contribution >= 4 is 39.1 Å². The number of nitrogens with one attached hydrogen (secondary N) is 1. The van der Waals surface area contributed by atoms with E-state index < -0.39 is 6.10 Å². The molecule has 0 unspecified atom stereocenters. The predicted molar refractivity (Wildman–Crippen MR) is 108 cm³/mol. The van der Waals surface area contributed by atoms with E-state index in [2.05, 4.69) is 16.4 Å². The van der Waals surface area contributed by atoms with Crippen molar-refractivity contribution in [1.29, 1.82) is 0 Å². The fourth-order valence-corrected chi connectivity index (χ4v) is 4.86. The third kappa shape index (κ3) is 2.98. The number of benzene rings is 1. The third-order valence-corrected chi connectivity index (χ3v) is 6.20. The quantitative estimate of drug-likeness (QED) is 0.718. The molecular formula is C20H18ClN3O2S. The van der Waals surface area contributed by atoms with E-state index in [-0.39, 0.29) is 5.91 Å². The van der Waals surface area contributed by atoms with Crippen LogP contribution in [0.1, 0.15) is 5.56 Å². The van der Waals surface area contributed by atoms with Crippen molar-refractivity contribution in [2.45, 2.75) is 12.5 Å². The van der Waals surface area contributed by atoms with E-state index in [0.717, 1.165) is 58.8 Å². The van der Waals surface area contributed by atoms with Gasteiger partial charge in [-0.25, -0.2) is 4.98 Å². The van der Waals surface area contributed by atoms with Crippen molar-refractivity contribution in [3.63, 3.8) is 0 Å². The van der Waals surface area contributed by atoms with E-state index in [1.165, 1.54) is 0 Å². The maximum atomic E-state index is 12.9. The average molecular weight is 400 g/mol. The number of rotatable bonds is 2. The van der Waals surface area contributed by atoms with Crippen LogP contribution >= 0.6 is 22.9 Å². The van der Waals surface area contributed by atoms with Gasteiger partial charge in [-0.15, -0.1) is 11.3 Å². The Labute approximate surface area is 165 Å². The van der Waals surface area contributed by atoms with Gasteiger partial charge in [-0.2, -0.15) is 0 Å². The van der Waals surface area contributed by atoms with Crippen molar-refractivity contribution < 1.29 is 9.53 Å². The van der Waals surface area contributed by atoms with Crippen molar-refractivity contribution in [1.82, 2.24) is 15.2 Å². The molecule has 2 aliphatic heterocycles. The summed E-state index contributed by atoms with van der Waals surface area (Å²) >= 11 is 8.01. The van der Waals surface area contributed by atoms with Gasteiger partial charge in [0, 0.05) is 60.3 Å². The molecule has 2 aliphatic rings. The fourth-order valence-electron chi connectivity index (χ4n) is 3.86. The number of nitrogens with zero attached hydrogens (tertiary/aromatic N) is 2. The largest absolute Gasteiger partial charge is 0.479 e. The molecule has 2 aromatic heterocycles. The zero-order valence-corrected chi connectivity index (χ0v) is 16.1. The van der Waals surface area contributed by atoms with E-state index >= 15 is 0 Å². The normalized spacial score (nSPS) is 19.1. The molecule has 3 aromatic rings. The molecule has 138 valence electrons. The third-order valence-electron chi connectivity index (χ3n) is 5.16. The first-order valence-electron chi connectivity index (χ1n) is 9.02. The van der Waals surface area contributed by atoms with Gasteiger partial charge in [-0.3, -0.25) is 4.79 Å². The number of hydrogen-bond acceptors (Lipinski definition) is 5. The molecule has 1 saturated heterocycles. The summed E-state index contributed by atoms with van der Waals surface area (Å²) in [5.74, 6) is 0.830. The molecule has 1 atom stereocenters. The standard InChI is InChI=1S/C20H18ClN3O2S/c21-13-9-12-10-17(20(25)24-6-4-22-5-7-24)26-18(12)16(11-13)14-1-3-23-19-15(14)2-8-27-19/h1-3,8-9,11,17,22H,4-7,10H2/t17-/m1/s1. The van der Waals surface area contributed by atoms with Crippen LogP contribution in [0.4, 0.5) is 0 Å². The highest BCUT2D eigenvalue weighted by Gasteiger charge is 2.35. The summed E-state index contributed by atoms with van der Waals surface area (Å²) in [6, 6.07) is 7.88. The number of piperazine rings is 1. The van der Waals surface area contributed by atoms with Gasteiger partial charge >= 0.3 is 0 Å². The van der Waals surface area contributed by atoms with E-state index in [1.807, 2.05) is 28.5 Å². The van der Waals surface area contributed by atoms with Crippen LogP contribution in [0.2, 0.25) is 5.02 Å². The van der Waals surface area contributed by atoms with Gasteiger partial charge in [-0.05, 0) is 35.2 Å². The van der Waals surface area contributed by atoms with Crippen LogP contribution in [0.3, 0.4) is 0 Å². The number of amides is 1. The molecule has 0 aliphatic carbocycles. The topological polar surface area (TPSA) is 54.5 Å². The van der Waals surface area contributed by atoms with E-state index in [1.54, 1.807) is 17.5 Å². The molecule has 0 bridgehead atoms. The highest BCUT2D eigenvalue weighted by Crippen LogP contribution is 2.43. The number of carbonyl (C=O) groups excluding carboxylic acids is 1. The predicted octanol–water partition coefficient (Wildman–Crippen LogP) is 3.35. The molecule has 7 heteroatoms. The SMILES string of the molecule is O=C([C@H]1Cc2cc(Cl)cc(-c3ccnc4sccc34)c2O1)N1CCNCC1. The zero-order valence-electron chi connectivity index (χ0n) is 14.6. The van der Waals surface area contributed by atoms with Gasteiger partial charge in [0.15, 0.2) is 6.10 Å². The fraction of sp³-hybridized carbons (Fsp3) is 0.300. The van der Waals surface area contributed by atoms with Gasteiger partial charge in [0.25, 0.3) is 5.91 Å². The summed E-state index contributed by atoms with van der Waals surface area (Å²) in [5, 5.41) is 7.04. The summed E-state index contributed by atoms with van der Waals surface area (Å²) in [6.45, 7) is 3.11. The van der Waals surface area contributed by atoms with Crippen LogP contribution in [0.25, 0.3) is 21.3 Å². The van der Waals surface area contributed by atoms with Crippen molar-refractivity contribution in [2.24, 2.45) is 0 Å². The van der Waals surface area contributed by atoms with Gasteiger partial charge in [0.2, 0.25) is 0 Å². The van der Waals surface area contributed by atoms with Crippen LogP contribution in [-0.4, -0.2) is 48.1 Å². The van der Waals surface area contributed by atoms with Crippen molar-refractivity contribution in [3.8, 4) is 16.9 Å². The number of aromatic nitrogens is 1. The Kier molecular flexibility index (Phi) is 4.27. The lowest BCUT2D eigenvalue weighted by Gasteiger charge is -2.29. The highest BCUT2D eigenvalue weighted by atomic mass is 35.5. The molecule has 0 spiro atoms. The molecular weight excluding hydrogens is 382 g/mol. The van der Waals surface area contributed by atoms with Crippen LogP contribution < -0.4 is 10.1 Å². The maximum Gasteiger partial charge on any atom is 0.264 e. The van der Waals surface area contributed by atoms with Crippen LogP contribution in [0.5, 0.6) is 5.75 Å². The molecule has 27 heavy (non-hydrogen) atoms. The van der Waals surface area contributed by atoms with Crippen molar-refractivity contribution in [3.05, 3.63) is 46.4 Å². The van der Waals surface area contributed by atoms with Gasteiger partial charge in [0.05, 0.1) is 0 Å². The van der Waals surface area contributed by atoms with Crippen molar-refractivity contribution in [2.75, 3.05) is 26.2 Å². The number of fused-ring (bicyclic) bond motifs is 2. The Morgan fingerprint density at radius 1 is 1.26 bits per heavy atom. The molecule has 0 radical (unpaired) electrons. The highest BCUT2D eigenvalue weighted by molar-refractivity contribution is 7.16. The number of ether oxygens (including phenoxy) is 1. The van der Waals surface area contributed by atoms with Gasteiger partial charge < -0.3 is 15.0 Å². The average Bonchev–Trinajstić information content (AvgIpc) is 3.34. The van der Waals surface area contributed by atoms with Crippen LogP contribution in [0, 0.1) is 0 Å². The number of carbonyl (C=O) groups is 1. The minimum atomic E-state index is -0.477. The minimum absolute atomic E-state index is 0.0604. The van der Waals surface area contributed by atoms with Crippen LogP contribution in [-0.2, 0) is 11.2 Å². The first-order valence-corrected chi connectivity index (χ1v) is 10.3. The van der Waals surface area contributed by atoms with Crippen LogP contribution in [0.15, 0.2) is 35.8 Å². The van der Waals surface area contributed by atoms with E-state index in [4.69, 9.17) is 16.3 Å². The first kappa shape index (κ1) is 17.0. The molecule has 4 heterocycles. The smallest absolute Gasteiger partial charge is 0.264 e. The summed E-state index contributed by atoms with van der Waals surface area (Å²) in [4.78, 5) is 20.2. The molecule has 1 aromatic carbocycles. The Morgan fingerprint density at radius 3 is 2.96 bits per heavy atom. The zero-order chi connectivity index (χ0) is 18.4. The molecule has 5 rings (SSSR count). The van der Waals surface area contributed by atoms with E-state index in [9.17, 15) is 4.79 Å². The number of thiophene rings is 1. The van der Waals surface area contributed by atoms with Gasteiger partial charge in [0.1, 0.15) is 10.6 Å². The lowest BCUT2D eigenvalue weighted by Crippen LogP contribution is -2.50. The lowest BCUT2D eigenvalue weighted by atomic mass is 9.99. The Balaban J connectivity index is 1.53. The number of pyridine rings is 1. The first-order chi connectivity index (χ1) is 13.2. The Bertz CT molecular complexity index is 1030. The number of halogens is 1. The second-order valence-electron chi connectivity index (χ2n) is 6.83. The monoisotopic (exact) mass is 399 g/mol. The molecule has 1 fully saturated rings.